The highest BCUT2D eigenvalue weighted by Gasteiger charge is 2.13. The number of carbonyl (C=O) groups excluding carboxylic acids is 1. The number of benzene rings is 1. The number of ether oxygens (including phenoxy) is 1. The van der Waals surface area contributed by atoms with Gasteiger partial charge in [-0.1, -0.05) is 0 Å². The lowest BCUT2D eigenvalue weighted by Gasteiger charge is -2.29. The highest BCUT2D eigenvalue weighted by atomic mass is 16.5. The second kappa shape index (κ2) is 4.85. The summed E-state index contributed by atoms with van der Waals surface area (Å²) in [4.78, 5) is 18.0. The standard InChI is InChI=1S/C14H15N3O2/c15-14(18)11-3-4-16-13-2-1-10(9-12(11)13)17-5-7-19-8-6-17/h1-4,9H,5-8H2,(H2,15,18). The summed E-state index contributed by atoms with van der Waals surface area (Å²) in [5.74, 6) is -0.425. The van der Waals surface area contributed by atoms with Gasteiger partial charge in [0.15, 0.2) is 0 Å². The largest absolute Gasteiger partial charge is 0.378 e. The minimum Gasteiger partial charge on any atom is -0.378 e. The summed E-state index contributed by atoms with van der Waals surface area (Å²) in [5.41, 5.74) is 7.78. The number of hydrogen-bond acceptors (Lipinski definition) is 4. The summed E-state index contributed by atoms with van der Waals surface area (Å²) in [6.07, 6.45) is 1.61. The topological polar surface area (TPSA) is 68.5 Å². The molecule has 2 aromatic rings. The van der Waals surface area contributed by atoms with Gasteiger partial charge in [0.2, 0.25) is 5.91 Å². The fourth-order valence-corrected chi connectivity index (χ4v) is 2.37. The number of primary amides is 1. The smallest absolute Gasteiger partial charge is 0.249 e. The number of morpholine rings is 1. The van der Waals surface area contributed by atoms with Crippen LogP contribution in [0.5, 0.6) is 0 Å². The number of hydrogen-bond donors (Lipinski definition) is 1. The fourth-order valence-electron chi connectivity index (χ4n) is 2.37. The number of amides is 1. The van der Waals surface area contributed by atoms with Gasteiger partial charge in [0, 0.05) is 30.4 Å². The third-order valence-corrected chi connectivity index (χ3v) is 3.37. The van der Waals surface area contributed by atoms with Gasteiger partial charge < -0.3 is 15.4 Å². The van der Waals surface area contributed by atoms with Crippen LogP contribution in [-0.4, -0.2) is 37.2 Å². The van der Waals surface area contributed by atoms with E-state index in [9.17, 15) is 4.79 Å². The number of anilines is 1. The van der Waals surface area contributed by atoms with E-state index in [2.05, 4.69) is 9.88 Å². The Kier molecular flexibility index (Phi) is 3.05. The first-order valence-corrected chi connectivity index (χ1v) is 6.27. The Balaban J connectivity index is 2.08. The molecule has 2 heterocycles. The molecule has 0 bridgehead atoms. The SMILES string of the molecule is NC(=O)c1ccnc2ccc(N3CCOCC3)cc12. The quantitative estimate of drug-likeness (QED) is 0.877. The van der Waals surface area contributed by atoms with Crippen LogP contribution in [0.2, 0.25) is 0 Å². The van der Waals surface area contributed by atoms with Gasteiger partial charge in [-0.25, -0.2) is 0 Å². The lowest BCUT2D eigenvalue weighted by atomic mass is 10.1. The third kappa shape index (κ3) is 2.24. The molecule has 1 aliphatic heterocycles. The summed E-state index contributed by atoms with van der Waals surface area (Å²) >= 11 is 0. The van der Waals surface area contributed by atoms with Crippen LogP contribution >= 0.6 is 0 Å². The molecule has 1 saturated heterocycles. The van der Waals surface area contributed by atoms with Crippen molar-refractivity contribution in [3.63, 3.8) is 0 Å². The second-order valence-electron chi connectivity index (χ2n) is 4.52. The number of fused-ring (bicyclic) bond motifs is 1. The average Bonchev–Trinajstić information content (AvgIpc) is 2.47. The van der Waals surface area contributed by atoms with Crippen molar-refractivity contribution < 1.29 is 9.53 Å². The van der Waals surface area contributed by atoms with Crippen molar-refractivity contribution >= 4 is 22.5 Å². The molecular formula is C14H15N3O2. The molecule has 5 heteroatoms. The first-order chi connectivity index (χ1) is 9.25. The van der Waals surface area contributed by atoms with Crippen molar-refractivity contribution in [1.29, 1.82) is 0 Å². The van der Waals surface area contributed by atoms with Crippen molar-refractivity contribution in [3.8, 4) is 0 Å². The molecular weight excluding hydrogens is 242 g/mol. The second-order valence-corrected chi connectivity index (χ2v) is 4.52. The summed E-state index contributed by atoms with van der Waals surface area (Å²) in [7, 11) is 0. The number of pyridine rings is 1. The van der Waals surface area contributed by atoms with Gasteiger partial charge in [-0.2, -0.15) is 0 Å². The Morgan fingerprint density at radius 3 is 2.79 bits per heavy atom. The summed E-state index contributed by atoms with van der Waals surface area (Å²) in [6.45, 7) is 3.18. The minimum atomic E-state index is -0.425. The molecule has 0 saturated carbocycles. The van der Waals surface area contributed by atoms with E-state index in [-0.39, 0.29) is 0 Å². The molecule has 0 radical (unpaired) electrons. The van der Waals surface area contributed by atoms with Gasteiger partial charge in [0.05, 0.1) is 24.3 Å². The van der Waals surface area contributed by atoms with Crippen LogP contribution in [-0.2, 0) is 4.74 Å². The van der Waals surface area contributed by atoms with Crippen LogP contribution in [0.25, 0.3) is 10.9 Å². The first-order valence-electron chi connectivity index (χ1n) is 6.27. The Bertz CT molecular complexity index is 621. The molecule has 1 aliphatic rings. The van der Waals surface area contributed by atoms with Crippen LogP contribution in [0.4, 0.5) is 5.69 Å². The Morgan fingerprint density at radius 2 is 2.05 bits per heavy atom. The lowest BCUT2D eigenvalue weighted by Crippen LogP contribution is -2.36. The van der Waals surface area contributed by atoms with Crippen LogP contribution in [0.1, 0.15) is 10.4 Å². The van der Waals surface area contributed by atoms with Gasteiger partial charge in [-0.15, -0.1) is 0 Å². The van der Waals surface area contributed by atoms with Crippen molar-refractivity contribution in [2.75, 3.05) is 31.2 Å². The molecule has 0 aliphatic carbocycles. The predicted molar refractivity (Wildman–Crippen MR) is 73.3 cm³/mol. The third-order valence-electron chi connectivity index (χ3n) is 3.37. The molecule has 1 fully saturated rings. The normalized spacial score (nSPS) is 15.7. The van der Waals surface area contributed by atoms with Gasteiger partial charge >= 0.3 is 0 Å². The van der Waals surface area contributed by atoms with Crippen molar-refractivity contribution in [3.05, 3.63) is 36.0 Å². The number of nitrogens with zero attached hydrogens (tertiary/aromatic N) is 2. The van der Waals surface area contributed by atoms with Gasteiger partial charge in [0.1, 0.15) is 0 Å². The molecule has 0 unspecified atom stereocenters. The van der Waals surface area contributed by atoms with Gasteiger partial charge in [-0.3, -0.25) is 9.78 Å². The highest BCUT2D eigenvalue weighted by molar-refractivity contribution is 6.05. The Hall–Kier alpha value is -2.14. The lowest BCUT2D eigenvalue weighted by molar-refractivity contribution is 0.100. The van der Waals surface area contributed by atoms with Gasteiger partial charge in [0.25, 0.3) is 0 Å². The zero-order valence-corrected chi connectivity index (χ0v) is 10.5. The molecule has 1 amide bonds. The van der Waals surface area contributed by atoms with Crippen molar-refractivity contribution in [2.45, 2.75) is 0 Å². The molecule has 5 nitrogen and oxygen atoms in total. The molecule has 19 heavy (non-hydrogen) atoms. The number of nitrogens with two attached hydrogens (primary N) is 1. The van der Waals surface area contributed by atoms with Crippen LogP contribution in [0, 0.1) is 0 Å². The average molecular weight is 257 g/mol. The maximum Gasteiger partial charge on any atom is 0.249 e. The van der Waals surface area contributed by atoms with Crippen LogP contribution in [0.15, 0.2) is 30.5 Å². The summed E-state index contributed by atoms with van der Waals surface area (Å²) in [5, 5.41) is 0.805. The van der Waals surface area contributed by atoms with E-state index in [1.165, 1.54) is 0 Å². The zero-order valence-electron chi connectivity index (χ0n) is 10.5. The molecule has 0 spiro atoms. The molecule has 2 N–H and O–H groups in total. The van der Waals surface area contributed by atoms with Crippen LogP contribution < -0.4 is 10.6 Å². The first kappa shape index (κ1) is 11.9. The molecule has 1 aromatic carbocycles. The maximum absolute atomic E-state index is 11.5. The summed E-state index contributed by atoms with van der Waals surface area (Å²) < 4.78 is 5.34. The number of aromatic nitrogens is 1. The number of carbonyl (C=O) groups is 1. The van der Waals surface area contributed by atoms with E-state index in [4.69, 9.17) is 10.5 Å². The Labute approximate surface area is 111 Å². The van der Waals surface area contributed by atoms with E-state index < -0.39 is 5.91 Å². The predicted octanol–water partition coefficient (Wildman–Crippen LogP) is 1.17. The molecule has 1 aromatic heterocycles. The number of rotatable bonds is 2. The Morgan fingerprint density at radius 1 is 1.26 bits per heavy atom. The van der Waals surface area contributed by atoms with Crippen molar-refractivity contribution in [2.24, 2.45) is 5.73 Å². The van der Waals surface area contributed by atoms with E-state index in [0.29, 0.717) is 5.56 Å². The molecule has 0 atom stereocenters. The maximum atomic E-state index is 11.5. The van der Waals surface area contributed by atoms with Crippen LogP contribution in [0.3, 0.4) is 0 Å². The van der Waals surface area contributed by atoms with E-state index in [1.807, 2.05) is 18.2 Å². The van der Waals surface area contributed by atoms with E-state index in [1.54, 1.807) is 12.3 Å². The highest BCUT2D eigenvalue weighted by Crippen LogP contribution is 2.24. The summed E-state index contributed by atoms with van der Waals surface area (Å²) in [6, 6.07) is 7.58. The van der Waals surface area contributed by atoms with E-state index >= 15 is 0 Å². The zero-order chi connectivity index (χ0) is 13.2. The van der Waals surface area contributed by atoms with Gasteiger partial charge in [-0.05, 0) is 24.3 Å². The fraction of sp³-hybridized carbons (Fsp3) is 0.286. The van der Waals surface area contributed by atoms with E-state index in [0.717, 1.165) is 42.9 Å². The van der Waals surface area contributed by atoms with Crippen molar-refractivity contribution in [1.82, 2.24) is 4.98 Å². The minimum absolute atomic E-state index is 0.425. The monoisotopic (exact) mass is 257 g/mol. The molecule has 3 rings (SSSR count). The molecule has 98 valence electrons.